The first-order valence-corrected chi connectivity index (χ1v) is 11.4. The third-order valence-corrected chi connectivity index (χ3v) is 7.08. The number of aliphatic hydroxyl groups is 1. The fourth-order valence-electron chi connectivity index (χ4n) is 5.13. The van der Waals surface area contributed by atoms with Gasteiger partial charge in [-0.3, -0.25) is 9.69 Å². The largest absolute Gasteiger partial charge is 0.393 e. The van der Waals surface area contributed by atoms with E-state index < -0.39 is 0 Å². The molecule has 5 rings (SSSR count). The summed E-state index contributed by atoms with van der Waals surface area (Å²) < 4.78 is 1.95. The summed E-state index contributed by atoms with van der Waals surface area (Å²) in [6.45, 7) is 5.55. The Morgan fingerprint density at radius 1 is 1.06 bits per heavy atom. The third-order valence-electron chi connectivity index (χ3n) is 7.08. The van der Waals surface area contributed by atoms with Gasteiger partial charge >= 0.3 is 0 Å². The molecule has 1 saturated carbocycles. The first-order valence-electron chi connectivity index (χ1n) is 11.4. The quantitative estimate of drug-likeness (QED) is 0.671. The molecule has 164 valence electrons. The highest BCUT2D eigenvalue weighted by molar-refractivity contribution is 5.81. The Morgan fingerprint density at radius 2 is 1.77 bits per heavy atom. The van der Waals surface area contributed by atoms with Gasteiger partial charge in [-0.2, -0.15) is 0 Å². The highest BCUT2D eigenvalue weighted by Crippen LogP contribution is 2.35. The fraction of sp³-hybridized carbons (Fsp3) is 0.565. The number of hydrogen-bond donors (Lipinski definition) is 2. The van der Waals surface area contributed by atoms with Crippen LogP contribution >= 0.6 is 0 Å². The number of nitrogens with zero attached hydrogens (tertiary/aromatic N) is 5. The van der Waals surface area contributed by atoms with Gasteiger partial charge in [-0.05, 0) is 84.7 Å². The molecule has 8 nitrogen and oxygen atoms in total. The van der Waals surface area contributed by atoms with E-state index in [0.29, 0.717) is 31.5 Å². The minimum atomic E-state index is -0.335. The Balaban J connectivity index is 1.65. The van der Waals surface area contributed by atoms with E-state index in [1.807, 2.05) is 16.8 Å². The molecule has 1 saturated heterocycles. The summed E-state index contributed by atoms with van der Waals surface area (Å²) in [5.41, 5.74) is 3.76. The molecular weight excluding hydrogens is 392 g/mol. The van der Waals surface area contributed by atoms with Crippen LogP contribution in [0.1, 0.15) is 73.1 Å². The average Bonchev–Trinajstić information content (AvgIpc) is 3.43. The number of aliphatic hydroxyl groups excluding tert-OH is 1. The zero-order valence-electron chi connectivity index (χ0n) is 18.2. The van der Waals surface area contributed by atoms with E-state index in [4.69, 9.17) is 0 Å². The molecule has 1 unspecified atom stereocenters. The van der Waals surface area contributed by atoms with Gasteiger partial charge in [-0.25, -0.2) is 4.68 Å². The maximum absolute atomic E-state index is 13.3. The number of aromatic amines is 1. The highest BCUT2D eigenvalue weighted by atomic mass is 16.3. The standard InChI is InChI=1S/C23H30N6O2/c1-14-11-16-13-19(23(31)24-20(16)12-15(14)2)21(28-9-7-18(30)8-10-28)22-25-26-27-29(22)17-5-3-4-6-17/h11-13,17-18,21,30H,3-10H2,1-2H3,(H,24,31). The van der Waals surface area contributed by atoms with Gasteiger partial charge in [0.25, 0.3) is 5.56 Å². The first kappa shape index (κ1) is 20.3. The number of pyridine rings is 1. The van der Waals surface area contributed by atoms with Crippen molar-refractivity contribution < 1.29 is 5.11 Å². The van der Waals surface area contributed by atoms with E-state index in [1.165, 1.54) is 18.4 Å². The van der Waals surface area contributed by atoms with Crippen LogP contribution in [0.15, 0.2) is 23.0 Å². The zero-order chi connectivity index (χ0) is 21.5. The maximum atomic E-state index is 13.3. The Morgan fingerprint density at radius 3 is 2.52 bits per heavy atom. The smallest absolute Gasteiger partial charge is 0.253 e. The van der Waals surface area contributed by atoms with Crippen LogP contribution < -0.4 is 5.56 Å². The van der Waals surface area contributed by atoms with Crippen LogP contribution in [0.4, 0.5) is 0 Å². The van der Waals surface area contributed by atoms with Crippen molar-refractivity contribution in [2.24, 2.45) is 0 Å². The number of nitrogens with one attached hydrogen (secondary N) is 1. The molecule has 3 heterocycles. The molecule has 2 aliphatic rings. The molecule has 0 radical (unpaired) electrons. The van der Waals surface area contributed by atoms with E-state index in [0.717, 1.165) is 35.1 Å². The fourth-order valence-corrected chi connectivity index (χ4v) is 5.13. The molecular formula is C23H30N6O2. The van der Waals surface area contributed by atoms with E-state index in [-0.39, 0.29) is 23.7 Å². The van der Waals surface area contributed by atoms with Crippen LogP contribution in [0.2, 0.25) is 0 Å². The number of aromatic nitrogens is 5. The topological polar surface area (TPSA) is 99.9 Å². The summed E-state index contributed by atoms with van der Waals surface area (Å²) in [6, 6.07) is 6.11. The predicted octanol–water partition coefficient (Wildman–Crippen LogP) is 2.79. The summed E-state index contributed by atoms with van der Waals surface area (Å²) >= 11 is 0. The normalized spacial score (nSPS) is 20.0. The van der Waals surface area contributed by atoms with Gasteiger partial charge in [0.1, 0.15) is 6.04 Å². The molecule has 3 aromatic rings. The van der Waals surface area contributed by atoms with E-state index in [1.54, 1.807) is 0 Å². The number of H-pyrrole nitrogens is 1. The van der Waals surface area contributed by atoms with E-state index in [2.05, 4.69) is 45.3 Å². The second-order valence-electron chi connectivity index (χ2n) is 9.17. The number of aryl methyl sites for hydroxylation is 2. The van der Waals surface area contributed by atoms with Gasteiger partial charge in [-0.15, -0.1) is 5.10 Å². The lowest BCUT2D eigenvalue weighted by atomic mass is 9.98. The van der Waals surface area contributed by atoms with Crippen molar-refractivity contribution in [3.05, 3.63) is 51.1 Å². The summed E-state index contributed by atoms with van der Waals surface area (Å²) in [4.78, 5) is 18.6. The highest BCUT2D eigenvalue weighted by Gasteiger charge is 2.34. The number of likely N-dealkylation sites (tertiary alicyclic amines) is 1. The summed E-state index contributed by atoms with van der Waals surface area (Å²) in [5, 5.41) is 23.8. The molecule has 0 amide bonds. The predicted molar refractivity (Wildman–Crippen MR) is 118 cm³/mol. The van der Waals surface area contributed by atoms with Crippen molar-refractivity contribution in [3.63, 3.8) is 0 Å². The van der Waals surface area contributed by atoms with Crippen molar-refractivity contribution in [2.75, 3.05) is 13.1 Å². The molecule has 8 heteroatoms. The third kappa shape index (κ3) is 3.78. The first-order chi connectivity index (χ1) is 15.0. The van der Waals surface area contributed by atoms with E-state index in [9.17, 15) is 9.90 Å². The van der Waals surface area contributed by atoms with Gasteiger partial charge in [-0.1, -0.05) is 12.8 Å². The van der Waals surface area contributed by atoms with Crippen LogP contribution in [0, 0.1) is 13.8 Å². The lowest BCUT2D eigenvalue weighted by Crippen LogP contribution is -2.42. The minimum Gasteiger partial charge on any atom is -0.393 e. The van der Waals surface area contributed by atoms with Crippen molar-refractivity contribution in [3.8, 4) is 0 Å². The van der Waals surface area contributed by atoms with Gasteiger partial charge in [0.15, 0.2) is 5.82 Å². The number of rotatable bonds is 4. The number of hydrogen-bond acceptors (Lipinski definition) is 6. The average molecular weight is 423 g/mol. The molecule has 1 aliphatic heterocycles. The lowest BCUT2D eigenvalue weighted by molar-refractivity contribution is 0.0654. The molecule has 0 bridgehead atoms. The van der Waals surface area contributed by atoms with Crippen molar-refractivity contribution in [2.45, 2.75) is 70.6 Å². The van der Waals surface area contributed by atoms with Crippen LogP contribution in [-0.2, 0) is 0 Å². The van der Waals surface area contributed by atoms with Gasteiger partial charge in [0.2, 0.25) is 0 Å². The Kier molecular flexibility index (Phi) is 5.35. The Bertz CT molecular complexity index is 1140. The van der Waals surface area contributed by atoms with Crippen molar-refractivity contribution in [1.29, 1.82) is 0 Å². The van der Waals surface area contributed by atoms with Crippen molar-refractivity contribution in [1.82, 2.24) is 30.1 Å². The SMILES string of the molecule is Cc1cc2cc(C(c3nnnn3C3CCCC3)N3CCC(O)CC3)c(=O)[nH]c2cc1C. The maximum Gasteiger partial charge on any atom is 0.253 e. The molecule has 0 spiro atoms. The summed E-state index contributed by atoms with van der Waals surface area (Å²) in [6.07, 6.45) is 5.57. The van der Waals surface area contributed by atoms with Crippen molar-refractivity contribution >= 4 is 10.9 Å². The lowest BCUT2D eigenvalue weighted by Gasteiger charge is -2.35. The van der Waals surface area contributed by atoms with E-state index >= 15 is 0 Å². The monoisotopic (exact) mass is 422 g/mol. The second-order valence-corrected chi connectivity index (χ2v) is 9.17. The number of fused-ring (bicyclic) bond motifs is 1. The summed E-state index contributed by atoms with van der Waals surface area (Å²) in [7, 11) is 0. The molecule has 2 fully saturated rings. The molecule has 2 N–H and O–H groups in total. The minimum absolute atomic E-state index is 0.104. The Labute approximate surface area is 181 Å². The van der Waals surface area contributed by atoms with Gasteiger partial charge < -0.3 is 10.1 Å². The molecule has 1 aromatic carbocycles. The number of tetrazole rings is 1. The van der Waals surface area contributed by atoms with Gasteiger partial charge in [0.05, 0.1) is 12.1 Å². The second kappa shape index (κ2) is 8.16. The summed E-state index contributed by atoms with van der Waals surface area (Å²) in [5.74, 6) is 0.733. The Hall–Kier alpha value is -2.58. The molecule has 1 atom stereocenters. The zero-order valence-corrected chi connectivity index (χ0v) is 18.2. The number of piperidine rings is 1. The van der Waals surface area contributed by atoms with Crippen LogP contribution in [0.5, 0.6) is 0 Å². The van der Waals surface area contributed by atoms with Crippen LogP contribution in [0.3, 0.4) is 0 Å². The van der Waals surface area contributed by atoms with Crippen LogP contribution in [0.25, 0.3) is 10.9 Å². The van der Waals surface area contributed by atoms with Gasteiger partial charge in [0, 0.05) is 24.2 Å². The number of benzene rings is 1. The van der Waals surface area contributed by atoms with Crippen LogP contribution in [-0.4, -0.2) is 54.4 Å². The molecule has 2 aromatic heterocycles. The molecule has 31 heavy (non-hydrogen) atoms. The molecule has 1 aliphatic carbocycles.